The Morgan fingerprint density at radius 3 is 2.03 bits per heavy atom. The standard InChI is InChI=1S/C27H27ClN2O6/c1-35-24-13-12-20(14-21(24)28)16-23(26(32)33)29-25(31)22(15-18-8-4-2-5-9-18)30-27(34)36-17-19-10-6-3-7-11-19/h2-14,22-23H,15-17H2,1H3,(H,29,31)(H,30,34)(H,32,33)/t22-,23-/m0/s1. The van der Waals surface area contributed by atoms with Crippen LogP contribution in [0.4, 0.5) is 4.79 Å². The number of ether oxygens (including phenoxy) is 2. The highest BCUT2D eigenvalue weighted by Gasteiger charge is 2.27. The van der Waals surface area contributed by atoms with Crippen molar-refractivity contribution in [2.45, 2.75) is 31.5 Å². The number of carbonyl (C=O) groups excluding carboxylic acids is 2. The Hall–Kier alpha value is -4.04. The second kappa shape index (κ2) is 13.2. The molecule has 0 bridgehead atoms. The summed E-state index contributed by atoms with van der Waals surface area (Å²) in [6.45, 7) is 0.0301. The van der Waals surface area contributed by atoms with Crippen LogP contribution in [0, 0.1) is 0 Å². The largest absolute Gasteiger partial charge is 0.495 e. The molecule has 2 atom stereocenters. The number of carboxylic acids is 1. The van der Waals surface area contributed by atoms with Crippen LogP contribution in [0.15, 0.2) is 78.9 Å². The summed E-state index contributed by atoms with van der Waals surface area (Å²) >= 11 is 6.15. The quantitative estimate of drug-likeness (QED) is 0.359. The van der Waals surface area contributed by atoms with Crippen molar-refractivity contribution in [3.8, 4) is 5.75 Å². The Labute approximate surface area is 214 Å². The number of carboxylic acid groups (broad SMARTS) is 1. The van der Waals surface area contributed by atoms with E-state index >= 15 is 0 Å². The van der Waals surface area contributed by atoms with Gasteiger partial charge < -0.3 is 25.2 Å². The first-order chi connectivity index (χ1) is 17.4. The molecular formula is C27H27ClN2O6. The zero-order chi connectivity index (χ0) is 25.9. The summed E-state index contributed by atoms with van der Waals surface area (Å²) in [7, 11) is 1.48. The Kier molecular flexibility index (Phi) is 9.71. The van der Waals surface area contributed by atoms with E-state index in [1.807, 2.05) is 60.7 Å². The Morgan fingerprint density at radius 1 is 0.833 bits per heavy atom. The van der Waals surface area contributed by atoms with Gasteiger partial charge in [-0.2, -0.15) is 0 Å². The molecule has 3 aromatic rings. The van der Waals surface area contributed by atoms with Crippen molar-refractivity contribution in [2.24, 2.45) is 0 Å². The maximum atomic E-state index is 13.1. The molecule has 3 rings (SSSR count). The molecule has 9 heteroatoms. The van der Waals surface area contributed by atoms with E-state index < -0.39 is 30.1 Å². The van der Waals surface area contributed by atoms with Crippen LogP contribution < -0.4 is 15.4 Å². The smallest absolute Gasteiger partial charge is 0.408 e. The van der Waals surface area contributed by atoms with Crippen LogP contribution in [0.25, 0.3) is 0 Å². The fourth-order valence-electron chi connectivity index (χ4n) is 3.51. The lowest BCUT2D eigenvalue weighted by Gasteiger charge is -2.22. The lowest BCUT2D eigenvalue weighted by molar-refractivity contribution is -0.142. The summed E-state index contributed by atoms with van der Waals surface area (Å²) < 4.78 is 10.4. The molecule has 8 nitrogen and oxygen atoms in total. The van der Waals surface area contributed by atoms with E-state index in [1.54, 1.807) is 18.2 Å². The molecule has 0 heterocycles. The van der Waals surface area contributed by atoms with Gasteiger partial charge in [-0.25, -0.2) is 9.59 Å². The number of benzene rings is 3. The molecule has 188 valence electrons. The van der Waals surface area contributed by atoms with Gasteiger partial charge in [0.25, 0.3) is 0 Å². The molecule has 0 unspecified atom stereocenters. The van der Waals surface area contributed by atoms with Crippen LogP contribution in [0.5, 0.6) is 5.75 Å². The molecule has 0 aliphatic rings. The number of hydrogen-bond donors (Lipinski definition) is 3. The van der Waals surface area contributed by atoms with E-state index in [-0.39, 0.29) is 19.4 Å². The average molecular weight is 511 g/mol. The maximum absolute atomic E-state index is 13.1. The lowest BCUT2D eigenvalue weighted by Crippen LogP contribution is -2.53. The van der Waals surface area contributed by atoms with Gasteiger partial charge >= 0.3 is 12.1 Å². The van der Waals surface area contributed by atoms with E-state index in [0.717, 1.165) is 11.1 Å². The molecule has 0 saturated heterocycles. The van der Waals surface area contributed by atoms with Gasteiger partial charge in [0.15, 0.2) is 0 Å². The first kappa shape index (κ1) is 26.6. The van der Waals surface area contributed by atoms with Crippen LogP contribution in [0.1, 0.15) is 16.7 Å². The first-order valence-corrected chi connectivity index (χ1v) is 11.6. The zero-order valence-electron chi connectivity index (χ0n) is 19.6. The van der Waals surface area contributed by atoms with E-state index in [9.17, 15) is 19.5 Å². The molecule has 3 aromatic carbocycles. The van der Waals surface area contributed by atoms with Crippen molar-refractivity contribution >= 4 is 29.6 Å². The van der Waals surface area contributed by atoms with Crippen LogP contribution in [0.2, 0.25) is 5.02 Å². The molecule has 36 heavy (non-hydrogen) atoms. The van der Waals surface area contributed by atoms with Crippen molar-refractivity contribution < 1.29 is 29.0 Å². The molecule has 0 spiro atoms. The number of aliphatic carboxylic acids is 1. The highest BCUT2D eigenvalue weighted by molar-refractivity contribution is 6.32. The first-order valence-electron chi connectivity index (χ1n) is 11.2. The van der Waals surface area contributed by atoms with Gasteiger partial charge in [-0.3, -0.25) is 4.79 Å². The fraction of sp³-hybridized carbons (Fsp3) is 0.222. The van der Waals surface area contributed by atoms with Crippen LogP contribution in [0.3, 0.4) is 0 Å². The van der Waals surface area contributed by atoms with Crippen molar-refractivity contribution in [1.82, 2.24) is 10.6 Å². The summed E-state index contributed by atoms with van der Waals surface area (Å²) in [5.74, 6) is -1.42. The highest BCUT2D eigenvalue weighted by atomic mass is 35.5. The minimum Gasteiger partial charge on any atom is -0.495 e. The number of hydrogen-bond acceptors (Lipinski definition) is 5. The molecule has 0 aliphatic heterocycles. The predicted octanol–water partition coefficient (Wildman–Crippen LogP) is 4.00. The summed E-state index contributed by atoms with van der Waals surface area (Å²) in [6, 6.07) is 20.8. The fourth-order valence-corrected chi connectivity index (χ4v) is 3.79. The minimum absolute atomic E-state index is 0.0126. The van der Waals surface area contributed by atoms with Gasteiger partial charge in [0, 0.05) is 12.8 Å². The van der Waals surface area contributed by atoms with Crippen molar-refractivity contribution in [2.75, 3.05) is 7.11 Å². The third-order valence-corrected chi connectivity index (χ3v) is 5.67. The van der Waals surface area contributed by atoms with E-state index in [4.69, 9.17) is 21.1 Å². The predicted molar refractivity (Wildman–Crippen MR) is 135 cm³/mol. The maximum Gasteiger partial charge on any atom is 0.408 e. The highest BCUT2D eigenvalue weighted by Crippen LogP contribution is 2.25. The second-order valence-electron chi connectivity index (χ2n) is 8.02. The number of halogens is 1. The van der Waals surface area contributed by atoms with Gasteiger partial charge in [-0.15, -0.1) is 0 Å². The van der Waals surface area contributed by atoms with Crippen molar-refractivity contribution in [3.63, 3.8) is 0 Å². The summed E-state index contributed by atoms with van der Waals surface area (Å²) in [5.41, 5.74) is 2.18. The Balaban J connectivity index is 1.70. The minimum atomic E-state index is -1.25. The molecule has 0 fully saturated rings. The van der Waals surface area contributed by atoms with Gasteiger partial charge in [0.2, 0.25) is 5.91 Å². The van der Waals surface area contributed by atoms with Crippen LogP contribution >= 0.6 is 11.6 Å². The third kappa shape index (κ3) is 8.02. The monoisotopic (exact) mass is 510 g/mol. The number of methoxy groups -OCH3 is 1. The molecule has 0 radical (unpaired) electrons. The topological polar surface area (TPSA) is 114 Å². The van der Waals surface area contributed by atoms with E-state index in [0.29, 0.717) is 16.3 Å². The molecule has 2 amide bonds. The normalized spacial score (nSPS) is 12.2. The number of carbonyl (C=O) groups is 3. The number of amides is 2. The number of alkyl carbamates (subject to hydrolysis) is 1. The third-order valence-electron chi connectivity index (χ3n) is 5.37. The van der Waals surface area contributed by atoms with Crippen molar-refractivity contribution in [3.05, 3.63) is 101 Å². The lowest BCUT2D eigenvalue weighted by atomic mass is 10.0. The van der Waals surface area contributed by atoms with Gasteiger partial charge in [-0.1, -0.05) is 78.3 Å². The van der Waals surface area contributed by atoms with E-state index in [1.165, 1.54) is 7.11 Å². The van der Waals surface area contributed by atoms with Gasteiger partial charge in [0.1, 0.15) is 24.4 Å². The summed E-state index contributed by atoms with van der Waals surface area (Å²) in [5, 5.41) is 15.2. The number of nitrogens with one attached hydrogen (secondary N) is 2. The van der Waals surface area contributed by atoms with Gasteiger partial charge in [-0.05, 0) is 28.8 Å². The van der Waals surface area contributed by atoms with Gasteiger partial charge in [0.05, 0.1) is 12.1 Å². The Bertz CT molecular complexity index is 1170. The molecule has 0 saturated carbocycles. The average Bonchev–Trinajstić information content (AvgIpc) is 2.88. The molecule has 0 aromatic heterocycles. The number of rotatable bonds is 11. The molecule has 3 N–H and O–H groups in total. The summed E-state index contributed by atoms with van der Waals surface area (Å²) in [6.07, 6.45) is -0.654. The van der Waals surface area contributed by atoms with Crippen LogP contribution in [-0.4, -0.2) is 42.3 Å². The second-order valence-corrected chi connectivity index (χ2v) is 8.43. The SMILES string of the molecule is COc1ccc(C[C@H](NC(=O)[C@H](Cc2ccccc2)NC(=O)OCc2ccccc2)C(=O)O)cc1Cl. The zero-order valence-corrected chi connectivity index (χ0v) is 20.4. The van der Waals surface area contributed by atoms with E-state index in [2.05, 4.69) is 10.6 Å². The molecule has 0 aliphatic carbocycles. The summed E-state index contributed by atoms with van der Waals surface area (Å²) in [4.78, 5) is 37.5. The Morgan fingerprint density at radius 2 is 1.44 bits per heavy atom. The van der Waals surface area contributed by atoms with Crippen molar-refractivity contribution in [1.29, 1.82) is 0 Å². The molecular weight excluding hydrogens is 484 g/mol. The van der Waals surface area contributed by atoms with Crippen LogP contribution in [-0.2, 0) is 33.8 Å².